The van der Waals surface area contributed by atoms with Crippen molar-refractivity contribution in [1.82, 2.24) is 0 Å². The monoisotopic (exact) mass is 262 g/mol. The smallest absolute Gasteiger partial charge is 0.161 e. The van der Waals surface area contributed by atoms with Crippen LogP contribution >= 0.6 is 0 Å². The first-order valence-corrected chi connectivity index (χ1v) is 8.10. The highest BCUT2D eigenvalue weighted by Gasteiger charge is 2.54. The molecular weight excluding hydrogens is 238 g/mol. The van der Waals surface area contributed by atoms with Crippen LogP contribution in [0.15, 0.2) is 0 Å². The van der Waals surface area contributed by atoms with Crippen LogP contribution in [0.5, 0.6) is 0 Å². The molecule has 0 aromatic carbocycles. The Hall–Kier alpha value is -0.130. The molecule has 0 unspecified atom stereocenters. The zero-order valence-corrected chi connectivity index (χ0v) is 12.1. The van der Waals surface area contributed by atoms with Crippen molar-refractivity contribution < 1.29 is 17.6 Å². The molecule has 2 aliphatic rings. The predicted octanol–water partition coefficient (Wildman–Crippen LogP) is 0.819. The Bertz CT molecular complexity index is 397. The third-order valence-electron chi connectivity index (χ3n) is 4.44. The van der Waals surface area contributed by atoms with Crippen LogP contribution in [0, 0.1) is 0 Å². The quantitative estimate of drug-likeness (QED) is 0.607. The van der Waals surface area contributed by atoms with Gasteiger partial charge in [0, 0.05) is 0 Å². The molecule has 0 aromatic rings. The van der Waals surface area contributed by atoms with E-state index < -0.39 is 9.84 Å². The maximum Gasteiger partial charge on any atom is 0.161 e. The van der Waals surface area contributed by atoms with E-state index in [0.29, 0.717) is 18.1 Å². The number of hydrogen-bond donors (Lipinski definition) is 0. The zero-order valence-electron chi connectivity index (χ0n) is 11.3. The van der Waals surface area contributed by atoms with Gasteiger partial charge in [-0.2, -0.15) is 0 Å². The molecule has 2 saturated heterocycles. The molecule has 0 aliphatic carbocycles. The lowest BCUT2D eigenvalue weighted by Gasteiger charge is -2.58. The van der Waals surface area contributed by atoms with E-state index in [1.807, 2.05) is 0 Å². The Balaban J connectivity index is 2.27. The molecule has 2 rings (SSSR count). The lowest BCUT2D eigenvalue weighted by Crippen LogP contribution is -2.75. The largest absolute Gasteiger partial charge is 0.363 e. The van der Waals surface area contributed by atoms with Crippen LogP contribution in [0.2, 0.25) is 0 Å². The van der Waals surface area contributed by atoms with E-state index >= 15 is 0 Å². The van der Waals surface area contributed by atoms with Crippen molar-refractivity contribution in [3.63, 3.8) is 0 Å². The van der Waals surface area contributed by atoms with E-state index in [2.05, 4.69) is 27.7 Å². The summed E-state index contributed by atoms with van der Waals surface area (Å²) in [7, 11) is -2.80. The molecule has 5 heteroatoms. The lowest BCUT2D eigenvalue weighted by molar-refractivity contribution is -0.983. The molecule has 2 heterocycles. The minimum atomic E-state index is -2.80. The van der Waals surface area contributed by atoms with Gasteiger partial charge in [-0.3, -0.25) is 0 Å². The Kier molecular flexibility index (Phi) is 2.88. The minimum Gasteiger partial charge on any atom is -0.363 e. The standard InChI is InChI=1S/C12H24NO3S/c1-11(2)10-16-12(3,4)9-13(11)5-7-17(14,15)8-6-13/h5-10H2,1-4H3/q+1. The van der Waals surface area contributed by atoms with Crippen molar-refractivity contribution in [1.29, 1.82) is 0 Å². The van der Waals surface area contributed by atoms with Gasteiger partial charge in [0.2, 0.25) is 0 Å². The van der Waals surface area contributed by atoms with Crippen LogP contribution in [0.3, 0.4) is 0 Å². The topological polar surface area (TPSA) is 43.4 Å². The van der Waals surface area contributed by atoms with Crippen molar-refractivity contribution in [2.24, 2.45) is 0 Å². The summed E-state index contributed by atoms with van der Waals surface area (Å²) < 4.78 is 30.0. The molecule has 2 aliphatic heterocycles. The number of hydrogen-bond acceptors (Lipinski definition) is 3. The average Bonchev–Trinajstić information content (AvgIpc) is 2.17. The van der Waals surface area contributed by atoms with Gasteiger partial charge < -0.3 is 9.22 Å². The molecule has 0 N–H and O–H groups in total. The molecule has 0 saturated carbocycles. The van der Waals surface area contributed by atoms with Gasteiger partial charge in [-0.05, 0) is 27.7 Å². The summed E-state index contributed by atoms with van der Waals surface area (Å²) in [4.78, 5) is 0. The fraction of sp³-hybridized carbons (Fsp3) is 1.00. The summed E-state index contributed by atoms with van der Waals surface area (Å²) in [6.07, 6.45) is 0. The summed E-state index contributed by atoms with van der Waals surface area (Å²) in [5.74, 6) is 0.652. The number of quaternary nitrogens is 1. The van der Waals surface area contributed by atoms with E-state index in [-0.39, 0.29) is 11.1 Å². The summed E-state index contributed by atoms with van der Waals surface area (Å²) in [5, 5.41) is 0. The van der Waals surface area contributed by atoms with Crippen LogP contribution in [0.25, 0.3) is 0 Å². The van der Waals surface area contributed by atoms with Gasteiger partial charge in [0.05, 0.1) is 24.6 Å². The molecule has 0 atom stereocenters. The molecule has 0 bridgehead atoms. The van der Waals surface area contributed by atoms with Crippen LogP contribution in [-0.4, -0.2) is 61.8 Å². The first kappa shape index (κ1) is 13.3. The van der Waals surface area contributed by atoms with Gasteiger partial charge in [0.1, 0.15) is 24.3 Å². The molecule has 100 valence electrons. The summed E-state index contributed by atoms with van der Waals surface area (Å²) in [6, 6.07) is 0. The maximum absolute atomic E-state index is 11.6. The number of morpholine rings is 1. The Labute approximate surface area is 104 Å². The highest BCUT2D eigenvalue weighted by molar-refractivity contribution is 7.91. The van der Waals surface area contributed by atoms with E-state index in [1.54, 1.807) is 0 Å². The van der Waals surface area contributed by atoms with Gasteiger partial charge in [0.15, 0.2) is 9.84 Å². The van der Waals surface area contributed by atoms with Gasteiger partial charge >= 0.3 is 0 Å². The summed E-state index contributed by atoms with van der Waals surface area (Å²) in [6.45, 7) is 11.7. The van der Waals surface area contributed by atoms with Crippen molar-refractivity contribution in [3.05, 3.63) is 0 Å². The number of ether oxygens (including phenoxy) is 1. The molecule has 17 heavy (non-hydrogen) atoms. The fourth-order valence-electron chi connectivity index (χ4n) is 3.10. The van der Waals surface area contributed by atoms with Gasteiger partial charge in [-0.1, -0.05) is 0 Å². The highest BCUT2D eigenvalue weighted by Crippen LogP contribution is 2.36. The van der Waals surface area contributed by atoms with Gasteiger partial charge in [-0.25, -0.2) is 8.42 Å². The summed E-state index contributed by atoms with van der Waals surface area (Å²) >= 11 is 0. The van der Waals surface area contributed by atoms with Crippen molar-refractivity contribution >= 4 is 9.84 Å². The van der Waals surface area contributed by atoms with Crippen molar-refractivity contribution in [2.45, 2.75) is 38.8 Å². The zero-order chi connectivity index (χ0) is 12.9. The molecule has 0 radical (unpaired) electrons. The van der Waals surface area contributed by atoms with E-state index in [1.165, 1.54) is 0 Å². The van der Waals surface area contributed by atoms with Gasteiger partial charge in [-0.15, -0.1) is 0 Å². The molecule has 0 aromatic heterocycles. The SMILES string of the molecule is CC1(C)C[N+]2(CCS(=O)(=O)CC2)C(C)(C)CO1. The number of rotatable bonds is 0. The van der Waals surface area contributed by atoms with E-state index in [9.17, 15) is 8.42 Å². The van der Waals surface area contributed by atoms with Gasteiger partial charge in [0.25, 0.3) is 0 Å². The second-order valence-corrected chi connectivity index (χ2v) is 9.07. The van der Waals surface area contributed by atoms with E-state index in [0.717, 1.165) is 24.1 Å². The molecule has 1 spiro atoms. The molecular formula is C12H24NO3S+. The van der Waals surface area contributed by atoms with Crippen LogP contribution in [-0.2, 0) is 14.6 Å². The Morgan fingerprint density at radius 3 is 2.12 bits per heavy atom. The molecule has 2 fully saturated rings. The fourth-order valence-corrected chi connectivity index (χ4v) is 4.56. The Morgan fingerprint density at radius 1 is 1.06 bits per heavy atom. The highest BCUT2D eigenvalue weighted by atomic mass is 32.2. The number of sulfone groups is 1. The summed E-state index contributed by atoms with van der Waals surface area (Å²) in [5.41, 5.74) is -0.123. The van der Waals surface area contributed by atoms with Crippen molar-refractivity contribution in [2.75, 3.05) is 37.7 Å². The normalized spacial score (nSPS) is 33.4. The molecule has 0 amide bonds. The van der Waals surface area contributed by atoms with Crippen LogP contribution < -0.4 is 0 Å². The van der Waals surface area contributed by atoms with E-state index in [4.69, 9.17) is 4.74 Å². The second kappa shape index (κ2) is 3.68. The predicted molar refractivity (Wildman–Crippen MR) is 67.6 cm³/mol. The number of nitrogens with zero attached hydrogens (tertiary/aromatic N) is 1. The van der Waals surface area contributed by atoms with Crippen molar-refractivity contribution in [3.8, 4) is 0 Å². The lowest BCUT2D eigenvalue weighted by atomic mass is 9.91. The molecule has 4 nitrogen and oxygen atoms in total. The Morgan fingerprint density at radius 2 is 1.59 bits per heavy atom. The second-order valence-electron chi connectivity index (χ2n) is 6.76. The first-order chi connectivity index (χ1) is 7.58. The minimum absolute atomic E-state index is 0.0193. The average molecular weight is 262 g/mol. The van der Waals surface area contributed by atoms with Crippen LogP contribution in [0.1, 0.15) is 27.7 Å². The third-order valence-corrected chi connectivity index (χ3v) is 6.05. The first-order valence-electron chi connectivity index (χ1n) is 6.28. The van der Waals surface area contributed by atoms with Crippen LogP contribution in [0.4, 0.5) is 0 Å². The maximum atomic E-state index is 11.6. The third kappa shape index (κ3) is 2.37.